The molecule has 0 saturated carbocycles. The molecule has 1 aliphatic heterocycles. The van der Waals surface area contributed by atoms with Gasteiger partial charge in [-0.15, -0.1) is 0 Å². The highest BCUT2D eigenvalue weighted by Crippen LogP contribution is 2.36. The average molecular weight is 595 g/mol. The molecule has 0 radical (unpaired) electrons. The summed E-state index contributed by atoms with van der Waals surface area (Å²) >= 11 is 6.24. The highest BCUT2D eigenvalue weighted by atomic mass is 35.5. The maximum Gasteiger partial charge on any atom is 0.419 e. The highest BCUT2D eigenvalue weighted by Gasteiger charge is 2.36. The number of alkyl halides is 6. The van der Waals surface area contributed by atoms with Gasteiger partial charge in [0.1, 0.15) is 5.82 Å². The van der Waals surface area contributed by atoms with Crippen LogP contribution in [0.5, 0.6) is 0 Å². The molecule has 3 aromatic carbocycles. The second-order valence-corrected chi connectivity index (χ2v) is 11.0. The molecule has 0 fully saturated rings. The van der Waals surface area contributed by atoms with Gasteiger partial charge in [0.2, 0.25) is 15.9 Å². The van der Waals surface area contributed by atoms with Crippen molar-refractivity contribution in [1.29, 1.82) is 0 Å². The third-order valence-electron chi connectivity index (χ3n) is 6.14. The highest BCUT2D eigenvalue weighted by molar-refractivity contribution is 7.89. The van der Waals surface area contributed by atoms with Crippen LogP contribution in [-0.2, 0) is 46.6 Å². The second kappa shape index (κ2) is 10.4. The molecule has 0 aromatic heterocycles. The van der Waals surface area contributed by atoms with E-state index in [9.17, 15) is 43.9 Å². The van der Waals surface area contributed by atoms with Crippen LogP contribution in [0.25, 0.3) is 0 Å². The van der Waals surface area contributed by atoms with E-state index in [1.54, 1.807) is 0 Å². The van der Waals surface area contributed by atoms with E-state index in [1.807, 2.05) is 0 Å². The summed E-state index contributed by atoms with van der Waals surface area (Å²) in [5, 5.41) is 2.56. The number of amides is 1. The topological polar surface area (TPSA) is 66.5 Å². The van der Waals surface area contributed by atoms with Gasteiger partial charge in [-0.3, -0.25) is 4.79 Å². The van der Waals surface area contributed by atoms with Crippen molar-refractivity contribution in [3.05, 3.63) is 93.3 Å². The Bertz CT molecular complexity index is 1520. The molecule has 14 heteroatoms. The molecule has 0 saturated heterocycles. The molecule has 5 nitrogen and oxygen atoms in total. The molecule has 0 spiro atoms. The third-order valence-corrected chi connectivity index (χ3v) is 8.31. The van der Waals surface area contributed by atoms with Crippen molar-refractivity contribution in [3.8, 4) is 0 Å². The Morgan fingerprint density at radius 3 is 2.23 bits per heavy atom. The van der Waals surface area contributed by atoms with Crippen molar-refractivity contribution < 1.29 is 43.9 Å². The number of halogens is 8. The number of hydrogen-bond acceptors (Lipinski definition) is 3. The standard InChI is InChI=1S/C25H18ClF7N2O3S/c26-20-9-4-15-13-35(39(37,38)17-7-5-16(6-8-17)24(28,29)30)11-10-18(15)23(20)34-21(36)12-14-2-1-3-19(22(14)27)25(31,32)33/h1-9H,10-13H2,(H,34,36). The number of hydrogen-bond donors (Lipinski definition) is 1. The maximum atomic E-state index is 14.4. The second-order valence-electron chi connectivity index (χ2n) is 8.67. The zero-order valence-corrected chi connectivity index (χ0v) is 21.2. The first kappa shape index (κ1) is 28.8. The van der Waals surface area contributed by atoms with Crippen LogP contribution in [0.4, 0.5) is 36.4 Å². The van der Waals surface area contributed by atoms with Crippen molar-refractivity contribution >= 4 is 33.2 Å². The van der Waals surface area contributed by atoms with Gasteiger partial charge in [-0.1, -0.05) is 29.8 Å². The van der Waals surface area contributed by atoms with Gasteiger partial charge in [-0.25, -0.2) is 12.8 Å². The van der Waals surface area contributed by atoms with Crippen molar-refractivity contribution in [1.82, 2.24) is 4.31 Å². The number of carbonyl (C=O) groups excluding carboxylic acids is 1. The zero-order chi connectivity index (χ0) is 28.8. The fourth-order valence-corrected chi connectivity index (χ4v) is 5.84. The molecule has 3 aromatic rings. The SMILES string of the molecule is O=C(Cc1cccc(C(F)(F)F)c1F)Nc1c(Cl)ccc2c1CCN(S(=O)(=O)c1ccc(C(F)(F)F)cc1)C2. The quantitative estimate of drug-likeness (QED) is 0.346. The van der Waals surface area contributed by atoms with E-state index >= 15 is 0 Å². The normalized spacial score (nSPS) is 14.7. The molecule has 1 N–H and O–H groups in total. The van der Waals surface area contributed by atoms with Gasteiger partial charge in [0.25, 0.3) is 0 Å². The molecule has 1 aliphatic rings. The van der Waals surface area contributed by atoms with Crippen LogP contribution in [0.3, 0.4) is 0 Å². The third kappa shape index (κ3) is 6.04. The molecule has 0 bridgehead atoms. The molecule has 0 atom stereocenters. The van der Waals surface area contributed by atoms with Crippen molar-refractivity contribution in [2.75, 3.05) is 11.9 Å². The van der Waals surface area contributed by atoms with Crippen molar-refractivity contribution in [2.24, 2.45) is 0 Å². The van der Waals surface area contributed by atoms with Gasteiger partial charge in [-0.05, 0) is 59.5 Å². The number of anilines is 1. The summed E-state index contributed by atoms with van der Waals surface area (Å²) < 4.78 is 119. The van der Waals surface area contributed by atoms with Crippen LogP contribution in [0.2, 0.25) is 5.02 Å². The molecule has 208 valence electrons. The van der Waals surface area contributed by atoms with Crippen molar-refractivity contribution in [2.45, 2.75) is 36.6 Å². The van der Waals surface area contributed by atoms with Crippen LogP contribution < -0.4 is 5.32 Å². The molecule has 39 heavy (non-hydrogen) atoms. The van der Waals surface area contributed by atoms with E-state index in [2.05, 4.69) is 5.32 Å². The number of fused-ring (bicyclic) bond motifs is 1. The van der Waals surface area contributed by atoms with Gasteiger partial charge in [0, 0.05) is 13.1 Å². The predicted octanol–water partition coefficient (Wildman–Crippen LogP) is 6.44. The van der Waals surface area contributed by atoms with Crippen molar-refractivity contribution in [3.63, 3.8) is 0 Å². The zero-order valence-electron chi connectivity index (χ0n) is 19.6. The number of sulfonamides is 1. The number of nitrogens with one attached hydrogen (secondary N) is 1. The molecular formula is C25H18ClF7N2O3S. The van der Waals surface area contributed by atoms with E-state index < -0.39 is 57.2 Å². The van der Waals surface area contributed by atoms with Gasteiger partial charge in [-0.2, -0.15) is 30.6 Å². The van der Waals surface area contributed by atoms with Gasteiger partial charge in [0.15, 0.2) is 0 Å². The lowest BCUT2D eigenvalue weighted by molar-refractivity contribution is -0.140. The van der Waals surface area contributed by atoms with E-state index in [0.29, 0.717) is 29.3 Å². The van der Waals surface area contributed by atoms with Crippen LogP contribution in [-0.4, -0.2) is 25.2 Å². The number of benzene rings is 3. The minimum atomic E-state index is -4.94. The predicted molar refractivity (Wildman–Crippen MR) is 128 cm³/mol. The maximum absolute atomic E-state index is 14.4. The number of rotatable bonds is 5. The van der Waals surface area contributed by atoms with Gasteiger partial charge < -0.3 is 5.32 Å². The number of carbonyl (C=O) groups is 1. The lowest BCUT2D eigenvalue weighted by Crippen LogP contribution is -2.36. The smallest absolute Gasteiger partial charge is 0.324 e. The lowest BCUT2D eigenvalue weighted by Gasteiger charge is -2.30. The first-order valence-corrected chi connectivity index (χ1v) is 13.0. The fraction of sp³-hybridized carbons (Fsp3) is 0.240. The summed E-state index contributed by atoms with van der Waals surface area (Å²) in [5.41, 5.74) is -1.95. The van der Waals surface area contributed by atoms with Crippen LogP contribution in [0, 0.1) is 5.82 Å². The Balaban J connectivity index is 1.54. The Kier molecular flexibility index (Phi) is 7.71. The molecular weight excluding hydrogens is 577 g/mol. The average Bonchev–Trinajstić information content (AvgIpc) is 2.85. The largest absolute Gasteiger partial charge is 0.419 e. The summed E-state index contributed by atoms with van der Waals surface area (Å²) in [6, 6.07) is 8.59. The molecule has 0 aliphatic carbocycles. The Labute approximate surface area is 223 Å². The molecule has 0 unspecified atom stereocenters. The van der Waals surface area contributed by atoms with E-state index in [0.717, 1.165) is 28.6 Å². The Morgan fingerprint density at radius 1 is 0.949 bits per heavy atom. The first-order valence-electron chi connectivity index (χ1n) is 11.2. The molecule has 4 rings (SSSR count). The molecule has 1 amide bonds. The fourth-order valence-electron chi connectivity index (χ4n) is 4.20. The summed E-state index contributed by atoms with van der Waals surface area (Å²) in [4.78, 5) is 12.3. The Morgan fingerprint density at radius 2 is 1.62 bits per heavy atom. The monoisotopic (exact) mass is 594 g/mol. The van der Waals surface area contributed by atoms with Gasteiger partial charge in [0.05, 0.1) is 33.2 Å². The summed E-state index contributed by atoms with van der Waals surface area (Å²) in [5.74, 6) is -2.41. The minimum Gasteiger partial charge on any atom is -0.324 e. The molecule has 1 heterocycles. The van der Waals surface area contributed by atoms with Crippen LogP contribution in [0.15, 0.2) is 59.5 Å². The number of nitrogens with zero attached hydrogens (tertiary/aromatic N) is 1. The lowest BCUT2D eigenvalue weighted by atomic mass is 9.98. The summed E-state index contributed by atoms with van der Waals surface area (Å²) in [6.07, 6.45) is -10.2. The van der Waals surface area contributed by atoms with Crippen LogP contribution >= 0.6 is 11.6 Å². The summed E-state index contributed by atoms with van der Waals surface area (Å²) in [6.45, 7) is -0.275. The minimum absolute atomic E-state index is 0.0588. The van der Waals surface area contributed by atoms with E-state index in [4.69, 9.17) is 11.6 Å². The van der Waals surface area contributed by atoms with Crippen LogP contribution in [0.1, 0.15) is 27.8 Å². The first-order chi connectivity index (χ1) is 18.1. The summed E-state index contributed by atoms with van der Waals surface area (Å²) in [7, 11) is -4.16. The van der Waals surface area contributed by atoms with E-state index in [-0.39, 0.29) is 35.1 Å². The Hall–Kier alpha value is -3.16. The van der Waals surface area contributed by atoms with E-state index in [1.165, 1.54) is 12.1 Å². The van der Waals surface area contributed by atoms with Gasteiger partial charge >= 0.3 is 12.4 Å².